The van der Waals surface area contributed by atoms with E-state index in [1.807, 2.05) is 0 Å². The second-order valence-electron chi connectivity index (χ2n) is 6.03. The minimum atomic E-state index is 1.00. The summed E-state index contributed by atoms with van der Waals surface area (Å²) in [6.07, 6.45) is 11.5. The first-order valence-electron chi connectivity index (χ1n) is 5.33. The minimum absolute atomic E-state index is 1.00. The lowest BCUT2D eigenvalue weighted by molar-refractivity contribution is 0.606. The maximum absolute atomic E-state index is 1.68. The second kappa shape index (κ2) is 0.843. The first kappa shape index (κ1) is 4.89. The Balaban J connectivity index is 1.78. The highest BCUT2D eigenvalue weighted by atomic mass is 15.1. The van der Waals surface area contributed by atoms with Gasteiger partial charge in [0.2, 0.25) is 0 Å². The lowest BCUT2D eigenvalue weighted by Gasteiger charge is -1.85. The van der Waals surface area contributed by atoms with Gasteiger partial charge in [-0.1, -0.05) is 0 Å². The van der Waals surface area contributed by atoms with Crippen molar-refractivity contribution < 1.29 is 0 Å². The van der Waals surface area contributed by atoms with Crippen molar-refractivity contribution in [3.8, 4) is 0 Å². The molecule has 0 aliphatic heterocycles. The predicted octanol–water partition coefficient (Wildman–Crippen LogP) is 2.73. The van der Waals surface area contributed by atoms with Crippen molar-refractivity contribution in [3.05, 3.63) is 0 Å². The molecule has 5 aliphatic rings. The lowest BCUT2D eigenvalue weighted by Crippen LogP contribution is -1.82. The molecule has 0 N–H and O–H groups in total. The van der Waals surface area contributed by atoms with Crippen molar-refractivity contribution in [2.45, 2.75) is 44.9 Å². The number of fused-ring (bicyclic) bond motifs is 4. The molecule has 0 saturated heterocycles. The van der Waals surface area contributed by atoms with Crippen LogP contribution in [0.1, 0.15) is 44.9 Å². The van der Waals surface area contributed by atoms with Crippen LogP contribution in [-0.4, -0.2) is 0 Å². The van der Waals surface area contributed by atoms with Gasteiger partial charge in [0.15, 0.2) is 0 Å². The molecule has 5 aliphatic carbocycles. The van der Waals surface area contributed by atoms with E-state index in [1.165, 1.54) is 0 Å². The number of rotatable bonds is 0. The summed E-state index contributed by atoms with van der Waals surface area (Å²) < 4.78 is 0. The fourth-order valence-corrected chi connectivity index (χ4v) is 5.56. The molecule has 0 atom stereocenters. The molecule has 0 aromatic heterocycles. The number of hydrogen-bond donors (Lipinski definition) is 0. The van der Waals surface area contributed by atoms with Crippen LogP contribution in [-0.2, 0) is 0 Å². The summed E-state index contributed by atoms with van der Waals surface area (Å²) in [6.45, 7) is 0. The Labute approximate surface area is 67.4 Å². The Morgan fingerprint density at radius 1 is 0.636 bits per heavy atom. The van der Waals surface area contributed by atoms with Crippen LogP contribution < -0.4 is 0 Å². The average molecular weight is 146 g/mol. The van der Waals surface area contributed by atoms with Crippen molar-refractivity contribution in [2.24, 2.45) is 21.7 Å². The normalized spacial score (nSPS) is 50.2. The van der Waals surface area contributed by atoms with Gasteiger partial charge in [0, 0.05) is 0 Å². The quantitative estimate of drug-likeness (QED) is 0.493. The van der Waals surface area contributed by atoms with Crippen molar-refractivity contribution >= 4 is 0 Å². The zero-order valence-electron chi connectivity index (χ0n) is 6.95. The molecule has 11 heavy (non-hydrogen) atoms. The molecule has 0 bridgehead atoms. The fraction of sp³-hybridized carbons (Fsp3) is 1.00. The predicted molar refractivity (Wildman–Crippen MR) is 42.1 cm³/mol. The van der Waals surface area contributed by atoms with Gasteiger partial charge in [0.1, 0.15) is 0 Å². The van der Waals surface area contributed by atoms with Crippen LogP contribution in [0.5, 0.6) is 0 Å². The van der Waals surface area contributed by atoms with Gasteiger partial charge in [-0.2, -0.15) is 0 Å². The molecule has 0 aromatic rings. The van der Waals surface area contributed by atoms with E-state index in [0.717, 1.165) is 21.7 Å². The van der Waals surface area contributed by atoms with Gasteiger partial charge in [-0.3, -0.25) is 0 Å². The Morgan fingerprint density at radius 2 is 1.18 bits per heavy atom. The first-order chi connectivity index (χ1) is 5.33. The van der Waals surface area contributed by atoms with Crippen LogP contribution in [0.2, 0.25) is 0 Å². The standard InChI is InChI=1S/C11H14/c1-2-8(1)7-11(8)9(3-4-9)10(11)5-6-10/h1-7H2. The molecule has 5 rings (SSSR count). The van der Waals surface area contributed by atoms with Crippen molar-refractivity contribution in [2.75, 3.05) is 0 Å². The first-order valence-corrected chi connectivity index (χ1v) is 5.33. The molecule has 0 radical (unpaired) electrons. The molecule has 5 saturated carbocycles. The van der Waals surface area contributed by atoms with Gasteiger partial charge in [-0.05, 0) is 66.6 Å². The zero-order valence-corrected chi connectivity index (χ0v) is 6.95. The molecule has 0 nitrogen and oxygen atoms in total. The van der Waals surface area contributed by atoms with E-state index in [-0.39, 0.29) is 0 Å². The molecule has 0 heteroatoms. The highest BCUT2D eigenvalue weighted by Crippen LogP contribution is 3.13. The van der Waals surface area contributed by atoms with Gasteiger partial charge in [0.25, 0.3) is 0 Å². The summed E-state index contributed by atoms with van der Waals surface area (Å²) in [7, 11) is 0. The SMILES string of the molecule is C1CC12CC21C2(CC2)C12CC2. The number of hydrogen-bond acceptors (Lipinski definition) is 0. The molecule has 0 amide bonds. The summed E-state index contributed by atoms with van der Waals surface area (Å²) >= 11 is 0. The fourth-order valence-electron chi connectivity index (χ4n) is 5.56. The molecule has 0 unspecified atom stereocenters. The van der Waals surface area contributed by atoms with Gasteiger partial charge in [-0.25, -0.2) is 0 Å². The highest BCUT2D eigenvalue weighted by Gasteiger charge is 3.06. The Kier molecular flexibility index (Phi) is 0.375. The van der Waals surface area contributed by atoms with Crippen LogP contribution in [0.3, 0.4) is 0 Å². The van der Waals surface area contributed by atoms with E-state index in [9.17, 15) is 0 Å². The minimum Gasteiger partial charge on any atom is -0.0465 e. The maximum atomic E-state index is 1.68. The summed E-state index contributed by atoms with van der Waals surface area (Å²) in [5, 5.41) is 0. The van der Waals surface area contributed by atoms with Crippen molar-refractivity contribution in [1.29, 1.82) is 0 Å². The van der Waals surface area contributed by atoms with Gasteiger partial charge < -0.3 is 0 Å². The molecular weight excluding hydrogens is 132 g/mol. The van der Waals surface area contributed by atoms with E-state index in [4.69, 9.17) is 0 Å². The second-order valence-corrected chi connectivity index (χ2v) is 6.03. The van der Waals surface area contributed by atoms with Crippen LogP contribution in [0.4, 0.5) is 0 Å². The molecule has 0 aromatic carbocycles. The monoisotopic (exact) mass is 146 g/mol. The lowest BCUT2D eigenvalue weighted by atomic mass is 10.2. The third-order valence-corrected chi connectivity index (χ3v) is 6.22. The summed E-state index contributed by atoms with van der Waals surface area (Å²) in [5.74, 6) is 0. The molecule has 5 fully saturated rings. The topological polar surface area (TPSA) is 0 Å². The van der Waals surface area contributed by atoms with E-state index in [1.54, 1.807) is 44.9 Å². The van der Waals surface area contributed by atoms with Gasteiger partial charge in [0.05, 0.1) is 0 Å². The van der Waals surface area contributed by atoms with Crippen molar-refractivity contribution in [1.82, 2.24) is 0 Å². The van der Waals surface area contributed by atoms with Crippen molar-refractivity contribution in [3.63, 3.8) is 0 Å². The third kappa shape index (κ3) is 0.228. The van der Waals surface area contributed by atoms with Crippen LogP contribution in [0.25, 0.3) is 0 Å². The summed E-state index contributed by atoms with van der Waals surface area (Å²) in [5.41, 5.74) is 4.04. The Morgan fingerprint density at radius 3 is 1.45 bits per heavy atom. The van der Waals surface area contributed by atoms with E-state index >= 15 is 0 Å². The summed E-state index contributed by atoms with van der Waals surface area (Å²) in [6, 6.07) is 0. The van der Waals surface area contributed by atoms with Gasteiger partial charge >= 0.3 is 0 Å². The van der Waals surface area contributed by atoms with E-state index < -0.39 is 0 Å². The van der Waals surface area contributed by atoms with Crippen LogP contribution >= 0.6 is 0 Å². The maximum Gasteiger partial charge on any atom is -0.0111 e. The molecule has 0 heterocycles. The Hall–Kier alpha value is 0. The van der Waals surface area contributed by atoms with E-state index in [2.05, 4.69) is 0 Å². The molecular formula is C11H14. The average Bonchev–Trinajstić information content (AvgIpc) is 2.75. The zero-order chi connectivity index (χ0) is 6.95. The summed E-state index contributed by atoms with van der Waals surface area (Å²) in [4.78, 5) is 0. The Bertz CT molecular complexity index is 269. The highest BCUT2D eigenvalue weighted by molar-refractivity contribution is 5.54. The largest absolute Gasteiger partial charge is 0.0465 e. The van der Waals surface area contributed by atoms with E-state index in [0.29, 0.717) is 0 Å². The van der Waals surface area contributed by atoms with Gasteiger partial charge in [-0.15, -0.1) is 0 Å². The molecule has 4 spiro atoms. The van der Waals surface area contributed by atoms with Crippen LogP contribution in [0, 0.1) is 21.7 Å². The smallest absolute Gasteiger partial charge is 0.0111 e. The van der Waals surface area contributed by atoms with Crippen LogP contribution in [0.15, 0.2) is 0 Å². The molecule has 58 valence electrons. The third-order valence-electron chi connectivity index (χ3n) is 6.22.